The summed E-state index contributed by atoms with van der Waals surface area (Å²) < 4.78 is 0. The predicted octanol–water partition coefficient (Wildman–Crippen LogP) is 1.98. The van der Waals surface area contributed by atoms with Crippen molar-refractivity contribution >= 4 is 12.0 Å². The van der Waals surface area contributed by atoms with Crippen LogP contribution in [0.4, 0.5) is 4.79 Å². The van der Waals surface area contributed by atoms with Crippen LogP contribution in [0.25, 0.3) is 0 Å². The molecule has 104 valence electrons. The fourth-order valence-corrected chi connectivity index (χ4v) is 2.52. The number of hydrogen-bond donors (Lipinski definition) is 3. The molecule has 1 saturated carbocycles. The maximum absolute atomic E-state index is 11.4. The van der Waals surface area contributed by atoms with E-state index in [1.54, 1.807) is 0 Å². The maximum atomic E-state index is 11.4. The molecule has 0 bridgehead atoms. The number of carboxylic acids is 1. The molecule has 0 heterocycles. The molecule has 1 fully saturated rings. The van der Waals surface area contributed by atoms with Crippen molar-refractivity contribution in [1.29, 1.82) is 0 Å². The topological polar surface area (TPSA) is 78.4 Å². The van der Waals surface area contributed by atoms with Crippen LogP contribution in [-0.4, -0.2) is 29.7 Å². The zero-order valence-electron chi connectivity index (χ0n) is 11.2. The summed E-state index contributed by atoms with van der Waals surface area (Å²) in [5, 5.41) is 13.7. The number of rotatable bonds is 5. The first-order chi connectivity index (χ1) is 8.49. The SMILES string of the molecule is CC1CCCC(CCNC(=O)NC(C)C(=O)O)C1. The average Bonchev–Trinajstić information content (AvgIpc) is 2.28. The van der Waals surface area contributed by atoms with Crippen molar-refractivity contribution in [2.24, 2.45) is 11.8 Å². The highest BCUT2D eigenvalue weighted by Gasteiger charge is 2.19. The summed E-state index contributed by atoms with van der Waals surface area (Å²) in [5.41, 5.74) is 0. The molecule has 0 aromatic carbocycles. The van der Waals surface area contributed by atoms with Gasteiger partial charge < -0.3 is 15.7 Å². The maximum Gasteiger partial charge on any atom is 0.325 e. The Bertz CT molecular complexity index is 294. The summed E-state index contributed by atoms with van der Waals surface area (Å²) in [7, 11) is 0. The van der Waals surface area contributed by atoms with E-state index in [1.165, 1.54) is 32.6 Å². The van der Waals surface area contributed by atoms with Gasteiger partial charge in [-0.2, -0.15) is 0 Å². The van der Waals surface area contributed by atoms with Crippen LogP contribution in [0.5, 0.6) is 0 Å². The lowest BCUT2D eigenvalue weighted by molar-refractivity contribution is -0.138. The van der Waals surface area contributed by atoms with Crippen molar-refractivity contribution < 1.29 is 14.7 Å². The Morgan fingerprint density at radius 2 is 2.11 bits per heavy atom. The van der Waals surface area contributed by atoms with E-state index in [2.05, 4.69) is 17.6 Å². The zero-order valence-corrected chi connectivity index (χ0v) is 11.2. The van der Waals surface area contributed by atoms with Crippen LogP contribution in [0.1, 0.15) is 46.0 Å². The smallest absolute Gasteiger partial charge is 0.325 e. The Balaban J connectivity index is 2.13. The molecule has 0 aliphatic heterocycles. The summed E-state index contributed by atoms with van der Waals surface area (Å²) in [5.74, 6) is 0.474. The van der Waals surface area contributed by atoms with Crippen molar-refractivity contribution in [3.05, 3.63) is 0 Å². The summed E-state index contributed by atoms with van der Waals surface area (Å²) in [4.78, 5) is 21.9. The van der Waals surface area contributed by atoms with Gasteiger partial charge in [-0.25, -0.2) is 4.79 Å². The molecular weight excluding hydrogens is 232 g/mol. The molecule has 3 unspecified atom stereocenters. The fraction of sp³-hybridized carbons (Fsp3) is 0.846. The second-order valence-electron chi connectivity index (χ2n) is 5.39. The highest BCUT2D eigenvalue weighted by molar-refractivity contribution is 5.82. The molecule has 0 aromatic rings. The number of urea groups is 1. The van der Waals surface area contributed by atoms with E-state index < -0.39 is 18.0 Å². The molecule has 0 spiro atoms. The number of carboxylic acid groups (broad SMARTS) is 1. The van der Waals surface area contributed by atoms with Gasteiger partial charge in [-0.15, -0.1) is 0 Å². The van der Waals surface area contributed by atoms with Gasteiger partial charge in [0.1, 0.15) is 6.04 Å². The molecule has 0 radical (unpaired) electrons. The first-order valence-corrected chi connectivity index (χ1v) is 6.76. The lowest BCUT2D eigenvalue weighted by Crippen LogP contribution is -2.44. The van der Waals surface area contributed by atoms with Gasteiger partial charge in [-0.05, 0) is 31.6 Å². The number of nitrogens with one attached hydrogen (secondary N) is 2. The quantitative estimate of drug-likeness (QED) is 0.703. The largest absolute Gasteiger partial charge is 0.480 e. The van der Waals surface area contributed by atoms with Crippen LogP contribution < -0.4 is 10.6 Å². The molecule has 5 heteroatoms. The van der Waals surface area contributed by atoms with Crippen molar-refractivity contribution in [2.75, 3.05) is 6.54 Å². The van der Waals surface area contributed by atoms with Gasteiger partial charge >= 0.3 is 12.0 Å². The van der Waals surface area contributed by atoms with E-state index in [9.17, 15) is 9.59 Å². The van der Waals surface area contributed by atoms with E-state index in [4.69, 9.17) is 5.11 Å². The van der Waals surface area contributed by atoms with Crippen LogP contribution >= 0.6 is 0 Å². The summed E-state index contributed by atoms with van der Waals surface area (Å²) >= 11 is 0. The lowest BCUT2D eigenvalue weighted by Gasteiger charge is -2.26. The van der Waals surface area contributed by atoms with Crippen LogP contribution in [0.3, 0.4) is 0 Å². The second-order valence-corrected chi connectivity index (χ2v) is 5.39. The number of carbonyl (C=O) groups excluding carboxylic acids is 1. The Kier molecular flexibility index (Phi) is 5.95. The van der Waals surface area contributed by atoms with Crippen molar-refractivity contribution in [3.63, 3.8) is 0 Å². The Hall–Kier alpha value is -1.26. The minimum Gasteiger partial charge on any atom is -0.480 e. The van der Waals surface area contributed by atoms with Crippen molar-refractivity contribution in [2.45, 2.75) is 52.0 Å². The van der Waals surface area contributed by atoms with Gasteiger partial charge in [0.15, 0.2) is 0 Å². The third kappa shape index (κ3) is 5.38. The first kappa shape index (κ1) is 14.8. The minimum absolute atomic E-state index is 0.395. The monoisotopic (exact) mass is 256 g/mol. The van der Waals surface area contributed by atoms with Crippen LogP contribution in [-0.2, 0) is 4.79 Å². The zero-order chi connectivity index (χ0) is 13.5. The van der Waals surface area contributed by atoms with Gasteiger partial charge in [0.25, 0.3) is 0 Å². The predicted molar refractivity (Wildman–Crippen MR) is 69.4 cm³/mol. The second kappa shape index (κ2) is 7.24. The van der Waals surface area contributed by atoms with E-state index in [0.29, 0.717) is 12.5 Å². The number of hydrogen-bond acceptors (Lipinski definition) is 2. The summed E-state index contributed by atoms with van der Waals surface area (Å²) in [6.45, 7) is 4.35. The van der Waals surface area contributed by atoms with Crippen LogP contribution in [0, 0.1) is 11.8 Å². The van der Waals surface area contributed by atoms with Crippen molar-refractivity contribution in [1.82, 2.24) is 10.6 Å². The number of amides is 2. The van der Waals surface area contributed by atoms with Gasteiger partial charge in [0.2, 0.25) is 0 Å². The van der Waals surface area contributed by atoms with Gasteiger partial charge in [-0.1, -0.05) is 26.2 Å². The molecular formula is C13H24N2O3. The molecule has 5 nitrogen and oxygen atoms in total. The van der Waals surface area contributed by atoms with E-state index >= 15 is 0 Å². The standard InChI is InChI=1S/C13H24N2O3/c1-9-4-3-5-11(8-9)6-7-14-13(18)15-10(2)12(16)17/h9-11H,3-8H2,1-2H3,(H,16,17)(H2,14,15,18). The molecule has 3 atom stereocenters. The van der Waals surface area contributed by atoms with Gasteiger partial charge in [-0.3, -0.25) is 4.79 Å². The lowest BCUT2D eigenvalue weighted by atomic mass is 9.81. The average molecular weight is 256 g/mol. The molecule has 2 amide bonds. The van der Waals surface area contributed by atoms with E-state index in [-0.39, 0.29) is 0 Å². The highest BCUT2D eigenvalue weighted by Crippen LogP contribution is 2.30. The molecule has 3 N–H and O–H groups in total. The van der Waals surface area contributed by atoms with E-state index in [0.717, 1.165) is 12.3 Å². The third-order valence-corrected chi connectivity index (χ3v) is 3.60. The Morgan fingerprint density at radius 1 is 1.39 bits per heavy atom. The molecule has 1 aliphatic rings. The van der Waals surface area contributed by atoms with E-state index in [1.807, 2.05) is 0 Å². The molecule has 0 saturated heterocycles. The number of carbonyl (C=O) groups is 2. The summed E-state index contributed by atoms with van der Waals surface area (Å²) in [6.07, 6.45) is 6.09. The van der Waals surface area contributed by atoms with Crippen LogP contribution in [0.2, 0.25) is 0 Å². The normalized spacial score (nSPS) is 25.2. The Morgan fingerprint density at radius 3 is 2.72 bits per heavy atom. The van der Waals surface area contributed by atoms with Crippen LogP contribution in [0.15, 0.2) is 0 Å². The highest BCUT2D eigenvalue weighted by atomic mass is 16.4. The van der Waals surface area contributed by atoms with Gasteiger partial charge in [0, 0.05) is 6.54 Å². The molecule has 18 heavy (non-hydrogen) atoms. The van der Waals surface area contributed by atoms with Gasteiger partial charge in [0.05, 0.1) is 0 Å². The molecule has 1 rings (SSSR count). The van der Waals surface area contributed by atoms with Crippen molar-refractivity contribution in [3.8, 4) is 0 Å². The summed E-state index contributed by atoms with van der Waals surface area (Å²) in [6, 6.07) is -1.24. The molecule has 0 aromatic heterocycles. The third-order valence-electron chi connectivity index (χ3n) is 3.60. The fourth-order valence-electron chi connectivity index (χ4n) is 2.52. The molecule has 1 aliphatic carbocycles. The number of aliphatic carboxylic acids is 1. The minimum atomic E-state index is -1.02. The first-order valence-electron chi connectivity index (χ1n) is 6.76. The Labute approximate surface area is 108 Å².